The molecule has 0 aromatic carbocycles. The van der Waals surface area contributed by atoms with Gasteiger partial charge in [-0.3, -0.25) is 4.90 Å². The number of aliphatic hydroxyl groups excluding tert-OH is 10. The predicted molar refractivity (Wildman–Crippen MR) is 97.2 cm³/mol. The largest absolute Gasteiger partial charge is 0.394 e. The zero-order valence-electron chi connectivity index (χ0n) is 16.0. The molecule has 0 saturated carbocycles. The summed E-state index contributed by atoms with van der Waals surface area (Å²) in [5, 5.41) is 98.7. The van der Waals surface area contributed by atoms with Crippen LogP contribution in [0.4, 0.5) is 0 Å². The van der Waals surface area contributed by atoms with Gasteiger partial charge in [0.15, 0.2) is 0 Å². The fourth-order valence-electron chi connectivity index (χ4n) is 2.61. The van der Waals surface area contributed by atoms with E-state index in [1.54, 1.807) is 7.05 Å². The molecule has 11 N–H and O–H groups in total. The molecule has 0 aromatic heterocycles. The van der Waals surface area contributed by atoms with Gasteiger partial charge in [-0.05, 0) is 26.6 Å². The van der Waals surface area contributed by atoms with E-state index in [9.17, 15) is 40.9 Å². The van der Waals surface area contributed by atoms with Crippen molar-refractivity contribution in [2.24, 2.45) is 0 Å². The van der Waals surface area contributed by atoms with Gasteiger partial charge in [0, 0.05) is 13.1 Å². The van der Waals surface area contributed by atoms with Crippen LogP contribution in [0.3, 0.4) is 0 Å². The summed E-state index contributed by atoms with van der Waals surface area (Å²) in [5.41, 5.74) is 0. The van der Waals surface area contributed by atoms with E-state index < -0.39 is 62.0 Å². The molecule has 8 atom stereocenters. The molecule has 0 aromatic rings. The molecule has 0 aliphatic heterocycles. The van der Waals surface area contributed by atoms with E-state index in [1.807, 2.05) is 0 Å². The lowest BCUT2D eigenvalue weighted by Crippen LogP contribution is -2.53. The van der Waals surface area contributed by atoms with Crippen molar-refractivity contribution in [2.45, 2.75) is 55.3 Å². The average molecular weight is 416 g/mol. The summed E-state index contributed by atoms with van der Waals surface area (Å²) >= 11 is 0. The van der Waals surface area contributed by atoms with Crippen molar-refractivity contribution in [2.75, 3.05) is 46.4 Å². The molecule has 0 radical (unpaired) electrons. The molecular formula is C16H36N2O10. The van der Waals surface area contributed by atoms with Gasteiger partial charge in [-0.15, -0.1) is 0 Å². The second-order valence-corrected chi connectivity index (χ2v) is 6.81. The van der Waals surface area contributed by atoms with E-state index in [4.69, 9.17) is 10.2 Å². The van der Waals surface area contributed by atoms with E-state index in [1.165, 1.54) is 4.90 Å². The van der Waals surface area contributed by atoms with Gasteiger partial charge >= 0.3 is 0 Å². The first-order valence-electron chi connectivity index (χ1n) is 9.13. The first-order valence-corrected chi connectivity index (χ1v) is 9.13. The lowest BCUT2D eigenvalue weighted by Gasteiger charge is -2.33. The van der Waals surface area contributed by atoms with Crippen LogP contribution >= 0.6 is 0 Å². The van der Waals surface area contributed by atoms with Gasteiger partial charge in [0.2, 0.25) is 0 Å². The van der Waals surface area contributed by atoms with Crippen LogP contribution in [0.5, 0.6) is 0 Å². The fourth-order valence-corrected chi connectivity index (χ4v) is 2.61. The summed E-state index contributed by atoms with van der Waals surface area (Å²) in [6.07, 6.45) is -13.0. The van der Waals surface area contributed by atoms with Gasteiger partial charge in [-0.1, -0.05) is 0 Å². The molecule has 0 spiro atoms. The van der Waals surface area contributed by atoms with Crippen LogP contribution in [0.15, 0.2) is 0 Å². The fraction of sp³-hybridized carbons (Fsp3) is 1.00. The highest BCUT2D eigenvalue weighted by Gasteiger charge is 2.34. The van der Waals surface area contributed by atoms with E-state index in [-0.39, 0.29) is 13.1 Å². The SMILES string of the molecule is CNCCCN(CC(O)[C@@H](O)[C@H](O)[C@H](O)CO)C[C@H](O)[C@@H](O)[C@H](O)[C@H](O)CO. The second-order valence-electron chi connectivity index (χ2n) is 6.81. The number of nitrogens with one attached hydrogen (secondary N) is 1. The molecular weight excluding hydrogens is 380 g/mol. The van der Waals surface area contributed by atoms with Gasteiger partial charge in [0.05, 0.1) is 25.4 Å². The highest BCUT2D eigenvalue weighted by Crippen LogP contribution is 2.11. The van der Waals surface area contributed by atoms with Crippen molar-refractivity contribution in [3.63, 3.8) is 0 Å². The summed E-state index contributed by atoms with van der Waals surface area (Å²) < 4.78 is 0. The van der Waals surface area contributed by atoms with Gasteiger partial charge in [0.1, 0.15) is 36.6 Å². The Labute approximate surface area is 163 Å². The van der Waals surface area contributed by atoms with E-state index in [0.29, 0.717) is 19.5 Å². The Morgan fingerprint density at radius 1 is 0.643 bits per heavy atom. The Hall–Kier alpha value is -0.480. The monoisotopic (exact) mass is 416 g/mol. The zero-order valence-corrected chi connectivity index (χ0v) is 16.0. The maximum atomic E-state index is 10.1. The van der Waals surface area contributed by atoms with Crippen LogP contribution in [-0.4, -0.2) is 151 Å². The zero-order chi connectivity index (χ0) is 21.9. The summed E-state index contributed by atoms with van der Waals surface area (Å²) in [4.78, 5) is 1.45. The molecule has 170 valence electrons. The number of aliphatic hydroxyl groups is 10. The highest BCUT2D eigenvalue weighted by molar-refractivity contribution is 4.86. The molecule has 0 bridgehead atoms. The molecule has 1 unspecified atom stereocenters. The number of rotatable bonds is 16. The number of hydrogen-bond donors (Lipinski definition) is 11. The number of hydrogen-bond acceptors (Lipinski definition) is 12. The average Bonchev–Trinajstić information content (AvgIpc) is 2.69. The minimum absolute atomic E-state index is 0.261. The lowest BCUT2D eigenvalue weighted by atomic mass is 10.0. The van der Waals surface area contributed by atoms with E-state index in [2.05, 4.69) is 5.32 Å². The van der Waals surface area contributed by atoms with Crippen LogP contribution in [0.25, 0.3) is 0 Å². The third-order valence-electron chi connectivity index (χ3n) is 4.44. The molecule has 28 heavy (non-hydrogen) atoms. The summed E-state index contributed by atoms with van der Waals surface area (Å²) in [6, 6.07) is 0. The van der Waals surface area contributed by atoms with Crippen molar-refractivity contribution < 1.29 is 51.1 Å². The topological polar surface area (TPSA) is 218 Å². The molecule has 0 amide bonds. The Kier molecular flexibility index (Phi) is 14.2. The van der Waals surface area contributed by atoms with Crippen molar-refractivity contribution in [3.8, 4) is 0 Å². The van der Waals surface area contributed by atoms with Crippen LogP contribution in [0.2, 0.25) is 0 Å². The van der Waals surface area contributed by atoms with Crippen molar-refractivity contribution in [3.05, 3.63) is 0 Å². The molecule has 0 fully saturated rings. The third kappa shape index (κ3) is 9.35. The standard InChI is InChI=1S/C16H36N2O10/c1-17-3-2-4-18(5-9(21)13(25)15(27)11(23)7-19)6-10(22)14(26)16(28)12(24)8-20/h9-17,19-28H,2-8H2,1H3/t9-,10?,11+,12+,13+,14+,15+,16+/m0/s1. The molecule has 0 aliphatic carbocycles. The minimum Gasteiger partial charge on any atom is -0.394 e. The third-order valence-corrected chi connectivity index (χ3v) is 4.44. The lowest BCUT2D eigenvalue weighted by molar-refractivity contribution is -0.130. The van der Waals surface area contributed by atoms with Crippen LogP contribution in [0.1, 0.15) is 6.42 Å². The van der Waals surface area contributed by atoms with Gasteiger partial charge in [0.25, 0.3) is 0 Å². The first-order chi connectivity index (χ1) is 13.1. The normalized spacial score (nSPS) is 21.0. The van der Waals surface area contributed by atoms with Crippen molar-refractivity contribution in [1.29, 1.82) is 0 Å². The van der Waals surface area contributed by atoms with Crippen molar-refractivity contribution >= 4 is 0 Å². The molecule has 0 heterocycles. The molecule has 0 aliphatic rings. The van der Waals surface area contributed by atoms with Crippen LogP contribution in [-0.2, 0) is 0 Å². The highest BCUT2D eigenvalue weighted by atomic mass is 16.4. The maximum absolute atomic E-state index is 10.1. The summed E-state index contributed by atoms with van der Waals surface area (Å²) in [6.45, 7) is -1.26. The van der Waals surface area contributed by atoms with Gasteiger partial charge in [-0.2, -0.15) is 0 Å². The Morgan fingerprint density at radius 2 is 1.00 bits per heavy atom. The molecule has 12 nitrogen and oxygen atoms in total. The van der Waals surface area contributed by atoms with E-state index >= 15 is 0 Å². The van der Waals surface area contributed by atoms with Gasteiger partial charge in [-0.25, -0.2) is 0 Å². The Bertz CT molecular complexity index is 364. The molecule has 0 rings (SSSR count). The van der Waals surface area contributed by atoms with E-state index in [0.717, 1.165) is 0 Å². The predicted octanol–water partition coefficient (Wildman–Crippen LogP) is -6.23. The molecule has 0 saturated heterocycles. The van der Waals surface area contributed by atoms with Crippen molar-refractivity contribution in [1.82, 2.24) is 10.2 Å². The number of nitrogens with zero attached hydrogens (tertiary/aromatic N) is 1. The Balaban J connectivity index is 4.96. The van der Waals surface area contributed by atoms with Gasteiger partial charge < -0.3 is 56.4 Å². The summed E-state index contributed by atoms with van der Waals surface area (Å²) in [7, 11) is 1.72. The van der Waals surface area contributed by atoms with Crippen LogP contribution < -0.4 is 5.32 Å². The van der Waals surface area contributed by atoms with Crippen LogP contribution in [0, 0.1) is 0 Å². The maximum Gasteiger partial charge on any atom is 0.111 e. The Morgan fingerprint density at radius 3 is 1.32 bits per heavy atom. The summed E-state index contributed by atoms with van der Waals surface area (Å²) in [5.74, 6) is 0. The second kappa shape index (κ2) is 14.5. The minimum atomic E-state index is -1.80. The smallest absolute Gasteiger partial charge is 0.111 e. The molecule has 12 heteroatoms. The quantitative estimate of drug-likeness (QED) is 0.106. The first kappa shape index (κ1) is 27.5.